The zero-order chi connectivity index (χ0) is 8.55. The third-order valence-corrected chi connectivity index (χ3v) is 1.55. The van der Waals surface area contributed by atoms with Gasteiger partial charge in [0.2, 0.25) is 5.78 Å². The topological polar surface area (TPSA) is 55.7 Å². The van der Waals surface area contributed by atoms with Crippen LogP contribution in [0.3, 0.4) is 0 Å². The molecule has 0 aromatic rings. The zero-order valence-electron chi connectivity index (χ0n) is 6.11. The molecule has 0 saturated heterocycles. The van der Waals surface area contributed by atoms with Crippen molar-refractivity contribution >= 4 is 17.4 Å². The Labute approximate surface area is 68.2 Å². The molecule has 1 aliphatic carbocycles. The number of amides is 1. The monoisotopic (exact) mass is 163 g/mol. The quantitative estimate of drug-likeness (QED) is 0.472. The first-order chi connectivity index (χ1) is 5.77. The van der Waals surface area contributed by atoms with Gasteiger partial charge in [0, 0.05) is 0 Å². The van der Waals surface area contributed by atoms with Gasteiger partial charge in [0.05, 0.1) is 0 Å². The highest BCUT2D eigenvalue weighted by Gasteiger charge is 2.24. The van der Waals surface area contributed by atoms with E-state index >= 15 is 0 Å². The van der Waals surface area contributed by atoms with Crippen LogP contribution in [-0.4, -0.2) is 24.0 Å². The first kappa shape index (κ1) is 6.97. The van der Waals surface area contributed by atoms with Gasteiger partial charge in [-0.15, -0.1) is 0 Å². The van der Waals surface area contributed by atoms with Crippen LogP contribution in [0.25, 0.3) is 0 Å². The van der Waals surface area contributed by atoms with Gasteiger partial charge in [-0.3, -0.25) is 9.59 Å². The zero-order valence-corrected chi connectivity index (χ0v) is 6.11. The number of carbonyl (C=O) groups excluding carboxylic acids is 2. The molecule has 0 unspecified atom stereocenters. The Hall–Kier alpha value is -1.71. The van der Waals surface area contributed by atoms with E-state index in [0.29, 0.717) is 5.76 Å². The largest absolute Gasteiger partial charge is 0.481 e. The maximum Gasteiger partial charge on any atom is 0.284 e. The van der Waals surface area contributed by atoms with Crippen molar-refractivity contribution in [3.05, 3.63) is 24.0 Å². The van der Waals surface area contributed by atoms with Crippen molar-refractivity contribution in [1.82, 2.24) is 0 Å². The van der Waals surface area contributed by atoms with E-state index in [-0.39, 0.29) is 18.1 Å². The molecule has 0 aromatic heterocycles. The summed E-state index contributed by atoms with van der Waals surface area (Å²) in [6, 6.07) is 0. The average molecular weight is 163 g/mol. The minimum absolute atomic E-state index is 0.0730. The van der Waals surface area contributed by atoms with E-state index in [0.717, 1.165) is 0 Å². The fraction of sp³-hybridized carbons (Fsp3) is 0.125. The van der Waals surface area contributed by atoms with Gasteiger partial charge in [-0.1, -0.05) is 6.08 Å². The van der Waals surface area contributed by atoms with Crippen molar-refractivity contribution in [2.24, 2.45) is 4.99 Å². The van der Waals surface area contributed by atoms with Gasteiger partial charge < -0.3 is 4.74 Å². The van der Waals surface area contributed by atoms with E-state index in [1.165, 1.54) is 6.08 Å². The molecule has 4 heteroatoms. The van der Waals surface area contributed by atoms with Gasteiger partial charge in [0.25, 0.3) is 5.91 Å². The van der Waals surface area contributed by atoms with Crippen LogP contribution >= 0.6 is 0 Å². The minimum atomic E-state index is -0.411. The highest BCUT2D eigenvalue weighted by atomic mass is 16.5. The average Bonchev–Trinajstić information content (AvgIpc) is 2.07. The van der Waals surface area contributed by atoms with Crippen LogP contribution in [0.1, 0.15) is 0 Å². The van der Waals surface area contributed by atoms with Gasteiger partial charge in [-0.2, -0.15) is 0 Å². The van der Waals surface area contributed by atoms with E-state index < -0.39 is 5.91 Å². The lowest BCUT2D eigenvalue weighted by atomic mass is 10.1. The summed E-state index contributed by atoms with van der Waals surface area (Å²) < 4.78 is 4.97. The number of carbonyl (C=O) groups is 2. The third-order valence-electron chi connectivity index (χ3n) is 1.55. The summed E-state index contributed by atoms with van der Waals surface area (Å²) in [5.74, 6) is -0.298. The second kappa shape index (κ2) is 2.41. The number of aliphatic imine (C=N–C) groups is 1. The molecule has 0 spiro atoms. The van der Waals surface area contributed by atoms with E-state index in [4.69, 9.17) is 4.74 Å². The van der Waals surface area contributed by atoms with Crippen LogP contribution in [0.2, 0.25) is 0 Å². The highest BCUT2D eigenvalue weighted by molar-refractivity contribution is 6.51. The second-order valence-electron chi connectivity index (χ2n) is 2.40. The lowest BCUT2D eigenvalue weighted by Gasteiger charge is -2.15. The number of nitrogens with zero attached hydrogens (tertiary/aromatic N) is 1. The van der Waals surface area contributed by atoms with Crippen LogP contribution in [0, 0.1) is 0 Å². The normalized spacial score (nSPS) is 21.0. The molecule has 2 rings (SSSR count). The van der Waals surface area contributed by atoms with Crippen molar-refractivity contribution in [2.75, 3.05) is 6.61 Å². The molecule has 1 amide bonds. The van der Waals surface area contributed by atoms with Crippen molar-refractivity contribution in [2.45, 2.75) is 0 Å². The number of ketones is 1. The Kier molecular flexibility index (Phi) is 1.40. The fourth-order valence-corrected chi connectivity index (χ4v) is 1.03. The lowest BCUT2D eigenvalue weighted by Crippen LogP contribution is -2.27. The molecule has 0 fully saturated rings. The van der Waals surface area contributed by atoms with Gasteiger partial charge in [-0.05, 0) is 12.2 Å². The summed E-state index contributed by atoms with van der Waals surface area (Å²) in [4.78, 5) is 25.4. The number of fused-ring (bicyclic) bond motifs is 1. The number of hydrogen-bond acceptors (Lipinski definition) is 3. The summed E-state index contributed by atoms with van der Waals surface area (Å²) in [6.45, 7) is -0.0730. The molecule has 12 heavy (non-hydrogen) atoms. The SMILES string of the molecule is O=C1COC2=CC=CC(=O)C2=N1. The molecule has 0 radical (unpaired) electrons. The van der Waals surface area contributed by atoms with Crippen molar-refractivity contribution in [3.63, 3.8) is 0 Å². The second-order valence-corrected chi connectivity index (χ2v) is 2.40. The van der Waals surface area contributed by atoms with Crippen molar-refractivity contribution in [1.29, 1.82) is 0 Å². The Morgan fingerprint density at radius 2 is 2.25 bits per heavy atom. The van der Waals surface area contributed by atoms with E-state index in [1.54, 1.807) is 12.2 Å². The first-order valence-corrected chi connectivity index (χ1v) is 3.45. The molecular weight excluding hydrogens is 158 g/mol. The summed E-state index contributed by atoms with van der Waals surface area (Å²) >= 11 is 0. The van der Waals surface area contributed by atoms with Gasteiger partial charge >= 0.3 is 0 Å². The van der Waals surface area contributed by atoms with E-state index in [2.05, 4.69) is 4.99 Å². The lowest BCUT2D eigenvalue weighted by molar-refractivity contribution is -0.122. The van der Waals surface area contributed by atoms with Crippen molar-refractivity contribution in [3.8, 4) is 0 Å². The molecule has 0 saturated carbocycles. The minimum Gasteiger partial charge on any atom is -0.481 e. The Morgan fingerprint density at radius 1 is 1.42 bits per heavy atom. The Morgan fingerprint density at radius 3 is 3.08 bits per heavy atom. The van der Waals surface area contributed by atoms with Crippen LogP contribution in [0.15, 0.2) is 29.0 Å². The first-order valence-electron chi connectivity index (χ1n) is 3.45. The highest BCUT2D eigenvalue weighted by Crippen LogP contribution is 2.12. The van der Waals surface area contributed by atoms with E-state index in [1.807, 2.05) is 0 Å². The number of allylic oxidation sites excluding steroid dienone is 4. The molecule has 60 valence electrons. The Balaban J connectivity index is 2.48. The molecule has 1 aliphatic heterocycles. The van der Waals surface area contributed by atoms with Crippen molar-refractivity contribution < 1.29 is 14.3 Å². The number of ether oxygens (including phenoxy) is 1. The molecule has 0 atom stereocenters. The summed E-state index contributed by atoms with van der Waals surface area (Å²) in [6.07, 6.45) is 4.55. The van der Waals surface area contributed by atoms with Crippen LogP contribution < -0.4 is 0 Å². The van der Waals surface area contributed by atoms with Gasteiger partial charge in [0.1, 0.15) is 5.76 Å². The summed E-state index contributed by atoms with van der Waals surface area (Å²) in [7, 11) is 0. The molecule has 0 bridgehead atoms. The van der Waals surface area contributed by atoms with Crippen LogP contribution in [-0.2, 0) is 14.3 Å². The van der Waals surface area contributed by atoms with Gasteiger partial charge in [-0.25, -0.2) is 4.99 Å². The molecule has 4 nitrogen and oxygen atoms in total. The number of rotatable bonds is 0. The van der Waals surface area contributed by atoms with E-state index in [9.17, 15) is 9.59 Å². The molecule has 1 heterocycles. The van der Waals surface area contributed by atoms with Crippen LogP contribution in [0.4, 0.5) is 0 Å². The molecular formula is C8H5NO3. The molecule has 2 aliphatic rings. The predicted molar refractivity (Wildman–Crippen MR) is 40.6 cm³/mol. The third kappa shape index (κ3) is 0.972. The van der Waals surface area contributed by atoms with Gasteiger partial charge in [0.15, 0.2) is 12.3 Å². The Bertz CT molecular complexity index is 349. The standard InChI is InChI=1S/C8H5NO3/c10-5-2-1-3-6-8(5)9-7(11)4-12-6/h1-3H,4H2. The fourth-order valence-electron chi connectivity index (χ4n) is 1.03. The summed E-state index contributed by atoms with van der Waals surface area (Å²) in [5.41, 5.74) is 0.119. The molecule has 0 N–H and O–H groups in total. The van der Waals surface area contributed by atoms with Crippen LogP contribution in [0.5, 0.6) is 0 Å². The number of hydrogen-bond donors (Lipinski definition) is 0. The smallest absolute Gasteiger partial charge is 0.284 e. The maximum atomic E-state index is 11.1. The maximum absolute atomic E-state index is 11.1. The summed E-state index contributed by atoms with van der Waals surface area (Å²) in [5, 5.41) is 0. The molecule has 0 aromatic carbocycles. The predicted octanol–water partition coefficient (Wildman–Crippen LogP) is 0.00700.